The number of ether oxygens (including phenoxy) is 1. The third-order valence-corrected chi connectivity index (χ3v) is 4.27. The molecule has 0 aliphatic carbocycles. The maximum atomic E-state index is 12.3. The third-order valence-electron chi connectivity index (χ3n) is 4.27. The highest BCUT2D eigenvalue weighted by Gasteiger charge is 2.21. The van der Waals surface area contributed by atoms with E-state index in [4.69, 9.17) is 10.5 Å². The number of benzene rings is 2. The highest BCUT2D eigenvalue weighted by Crippen LogP contribution is 2.18. The summed E-state index contributed by atoms with van der Waals surface area (Å²) in [7, 11) is 0. The largest absolute Gasteiger partial charge is 0.484 e. The molecule has 0 atom stereocenters. The van der Waals surface area contributed by atoms with E-state index in [1.807, 2.05) is 60.4 Å². The number of aryl methyl sites for hydroxylation is 1. The Labute approximate surface area is 142 Å². The number of carbonyl (C=O) groups is 1. The van der Waals surface area contributed by atoms with E-state index >= 15 is 0 Å². The van der Waals surface area contributed by atoms with Crippen LogP contribution in [-0.2, 0) is 4.79 Å². The average molecular weight is 325 g/mol. The van der Waals surface area contributed by atoms with Crippen molar-refractivity contribution in [2.75, 3.05) is 43.4 Å². The van der Waals surface area contributed by atoms with Gasteiger partial charge in [-0.25, -0.2) is 0 Å². The van der Waals surface area contributed by atoms with Crippen LogP contribution < -0.4 is 15.4 Å². The second-order valence-corrected chi connectivity index (χ2v) is 6.06. The fourth-order valence-electron chi connectivity index (χ4n) is 2.77. The lowest BCUT2D eigenvalue weighted by atomic mass is 10.2. The van der Waals surface area contributed by atoms with E-state index in [1.165, 1.54) is 5.56 Å². The summed E-state index contributed by atoms with van der Waals surface area (Å²) in [5.74, 6) is 0.766. The Morgan fingerprint density at radius 1 is 1.00 bits per heavy atom. The van der Waals surface area contributed by atoms with Crippen LogP contribution in [0.15, 0.2) is 48.5 Å². The van der Waals surface area contributed by atoms with Crippen molar-refractivity contribution in [1.29, 1.82) is 0 Å². The van der Waals surface area contributed by atoms with E-state index in [1.54, 1.807) is 0 Å². The monoisotopic (exact) mass is 325 g/mol. The van der Waals surface area contributed by atoms with Gasteiger partial charge in [0.2, 0.25) is 0 Å². The minimum Gasteiger partial charge on any atom is -0.484 e. The molecule has 3 rings (SSSR count). The van der Waals surface area contributed by atoms with Crippen LogP contribution in [0.5, 0.6) is 5.75 Å². The Balaban J connectivity index is 1.48. The van der Waals surface area contributed by atoms with Crippen molar-refractivity contribution in [3.8, 4) is 5.75 Å². The van der Waals surface area contributed by atoms with E-state index in [0.29, 0.717) is 13.1 Å². The summed E-state index contributed by atoms with van der Waals surface area (Å²) in [5.41, 5.74) is 8.81. The van der Waals surface area contributed by atoms with Gasteiger partial charge >= 0.3 is 0 Å². The number of amides is 1. The zero-order chi connectivity index (χ0) is 16.9. The van der Waals surface area contributed by atoms with Crippen LogP contribution >= 0.6 is 0 Å². The summed E-state index contributed by atoms with van der Waals surface area (Å²) in [6.07, 6.45) is 0. The predicted molar refractivity (Wildman–Crippen MR) is 96.3 cm³/mol. The summed E-state index contributed by atoms with van der Waals surface area (Å²) in [6.45, 7) is 5.17. The molecule has 1 aliphatic heterocycles. The van der Waals surface area contributed by atoms with Crippen molar-refractivity contribution in [2.45, 2.75) is 6.92 Å². The Kier molecular flexibility index (Phi) is 4.89. The second kappa shape index (κ2) is 7.25. The van der Waals surface area contributed by atoms with E-state index in [0.717, 1.165) is 30.2 Å². The number of hydrogen-bond acceptors (Lipinski definition) is 4. The smallest absolute Gasteiger partial charge is 0.260 e. The first-order valence-corrected chi connectivity index (χ1v) is 8.19. The van der Waals surface area contributed by atoms with Gasteiger partial charge in [0, 0.05) is 37.6 Å². The fraction of sp³-hybridized carbons (Fsp3) is 0.316. The molecule has 5 nitrogen and oxygen atoms in total. The number of rotatable bonds is 4. The molecule has 2 aromatic rings. The molecule has 2 aromatic carbocycles. The minimum atomic E-state index is 0.0348. The molecule has 0 aromatic heterocycles. The highest BCUT2D eigenvalue weighted by atomic mass is 16.5. The van der Waals surface area contributed by atoms with Gasteiger partial charge in [0.15, 0.2) is 6.61 Å². The van der Waals surface area contributed by atoms with Crippen LogP contribution in [0.4, 0.5) is 11.4 Å². The van der Waals surface area contributed by atoms with E-state index in [9.17, 15) is 4.79 Å². The number of anilines is 2. The average Bonchev–Trinajstić information content (AvgIpc) is 2.62. The molecule has 1 amide bonds. The van der Waals surface area contributed by atoms with Crippen LogP contribution in [-0.4, -0.2) is 43.6 Å². The van der Waals surface area contributed by atoms with Gasteiger partial charge < -0.3 is 20.3 Å². The molecule has 126 valence electrons. The van der Waals surface area contributed by atoms with Gasteiger partial charge in [0.1, 0.15) is 5.75 Å². The molecule has 24 heavy (non-hydrogen) atoms. The molecular weight excluding hydrogens is 302 g/mol. The molecule has 2 N–H and O–H groups in total. The van der Waals surface area contributed by atoms with Crippen molar-refractivity contribution in [3.05, 3.63) is 54.1 Å². The van der Waals surface area contributed by atoms with Gasteiger partial charge in [-0.2, -0.15) is 0 Å². The molecule has 1 aliphatic rings. The summed E-state index contributed by atoms with van der Waals surface area (Å²) >= 11 is 0. The Hall–Kier alpha value is -2.69. The molecule has 1 fully saturated rings. The highest BCUT2D eigenvalue weighted by molar-refractivity contribution is 5.78. The lowest BCUT2D eigenvalue weighted by Gasteiger charge is -2.36. The number of hydrogen-bond donors (Lipinski definition) is 1. The Bertz CT molecular complexity index is 675. The quantitative estimate of drug-likeness (QED) is 0.877. The van der Waals surface area contributed by atoms with E-state index < -0.39 is 0 Å². The first-order chi connectivity index (χ1) is 11.6. The van der Waals surface area contributed by atoms with Crippen molar-refractivity contribution in [2.24, 2.45) is 0 Å². The first kappa shape index (κ1) is 16.2. The molecule has 1 saturated heterocycles. The fourth-order valence-corrected chi connectivity index (χ4v) is 2.77. The van der Waals surface area contributed by atoms with Crippen LogP contribution in [0.1, 0.15) is 5.56 Å². The van der Waals surface area contributed by atoms with Gasteiger partial charge in [0.05, 0.1) is 0 Å². The molecule has 0 saturated carbocycles. The van der Waals surface area contributed by atoms with Gasteiger partial charge in [0.25, 0.3) is 5.91 Å². The molecule has 5 heteroatoms. The normalized spacial score (nSPS) is 14.5. The number of carbonyl (C=O) groups excluding carboxylic acids is 1. The van der Waals surface area contributed by atoms with Crippen LogP contribution in [0.2, 0.25) is 0 Å². The van der Waals surface area contributed by atoms with Crippen LogP contribution in [0, 0.1) is 6.92 Å². The second-order valence-electron chi connectivity index (χ2n) is 6.06. The number of nitrogen functional groups attached to an aromatic ring is 1. The SMILES string of the molecule is Cc1ccc(OCC(=O)N2CCN(c3ccc(N)cc3)CC2)cc1. The van der Waals surface area contributed by atoms with Crippen molar-refractivity contribution in [3.63, 3.8) is 0 Å². The Morgan fingerprint density at radius 3 is 2.25 bits per heavy atom. The third kappa shape index (κ3) is 3.98. The number of nitrogens with two attached hydrogens (primary N) is 1. The molecule has 0 spiro atoms. The zero-order valence-electron chi connectivity index (χ0n) is 13.9. The first-order valence-electron chi connectivity index (χ1n) is 8.19. The van der Waals surface area contributed by atoms with Gasteiger partial charge in [-0.05, 0) is 43.3 Å². The molecule has 1 heterocycles. The molecule has 0 radical (unpaired) electrons. The maximum Gasteiger partial charge on any atom is 0.260 e. The van der Waals surface area contributed by atoms with Gasteiger partial charge in [-0.3, -0.25) is 4.79 Å². The van der Waals surface area contributed by atoms with Gasteiger partial charge in [-0.15, -0.1) is 0 Å². The topological polar surface area (TPSA) is 58.8 Å². The van der Waals surface area contributed by atoms with Crippen molar-refractivity contribution < 1.29 is 9.53 Å². The van der Waals surface area contributed by atoms with Crippen molar-refractivity contribution >= 4 is 17.3 Å². The summed E-state index contributed by atoms with van der Waals surface area (Å²) in [5, 5.41) is 0. The number of piperazine rings is 1. The minimum absolute atomic E-state index is 0.0348. The molecular formula is C19H23N3O2. The molecule has 0 bridgehead atoms. The van der Waals surface area contributed by atoms with Crippen LogP contribution in [0.3, 0.4) is 0 Å². The van der Waals surface area contributed by atoms with Gasteiger partial charge in [-0.1, -0.05) is 17.7 Å². The zero-order valence-corrected chi connectivity index (χ0v) is 13.9. The van der Waals surface area contributed by atoms with Crippen molar-refractivity contribution in [1.82, 2.24) is 4.90 Å². The lowest BCUT2D eigenvalue weighted by Crippen LogP contribution is -2.50. The van der Waals surface area contributed by atoms with E-state index in [2.05, 4.69) is 4.90 Å². The Morgan fingerprint density at radius 2 is 1.62 bits per heavy atom. The number of nitrogens with zero attached hydrogens (tertiary/aromatic N) is 2. The predicted octanol–water partition coefficient (Wildman–Crippen LogP) is 2.30. The standard InChI is InChI=1S/C19H23N3O2/c1-15-2-8-18(9-3-15)24-14-19(23)22-12-10-21(11-13-22)17-6-4-16(20)5-7-17/h2-9H,10-14,20H2,1H3. The van der Waals surface area contributed by atoms with Crippen LogP contribution in [0.25, 0.3) is 0 Å². The summed E-state index contributed by atoms with van der Waals surface area (Å²) in [4.78, 5) is 16.4. The summed E-state index contributed by atoms with van der Waals surface area (Å²) in [6, 6.07) is 15.6. The van der Waals surface area contributed by atoms with E-state index in [-0.39, 0.29) is 12.5 Å². The lowest BCUT2D eigenvalue weighted by molar-refractivity contribution is -0.133. The molecule has 0 unspecified atom stereocenters. The maximum absolute atomic E-state index is 12.3. The summed E-state index contributed by atoms with van der Waals surface area (Å²) < 4.78 is 5.58.